The Balaban J connectivity index is 3.04. The summed E-state index contributed by atoms with van der Waals surface area (Å²) in [6.07, 6.45) is -11.0. The molecule has 6 nitrogen and oxygen atoms in total. The van der Waals surface area contributed by atoms with Crippen molar-refractivity contribution < 1.29 is 38.0 Å². The molecule has 9 heteroatoms. The third kappa shape index (κ3) is 5.10. The van der Waals surface area contributed by atoms with Crippen molar-refractivity contribution >= 4 is 17.9 Å². The Labute approximate surface area is 123 Å². The van der Waals surface area contributed by atoms with Gasteiger partial charge in [-0.1, -0.05) is 18.2 Å². The lowest BCUT2D eigenvalue weighted by Gasteiger charge is -2.23. The molecule has 0 amide bonds. The minimum atomic E-state index is -5.01. The van der Waals surface area contributed by atoms with Gasteiger partial charge in [0, 0.05) is 0 Å². The van der Waals surface area contributed by atoms with Crippen molar-refractivity contribution in [3.63, 3.8) is 0 Å². The van der Waals surface area contributed by atoms with Crippen LogP contribution in [0.5, 0.6) is 0 Å². The Morgan fingerprint density at radius 2 is 1.86 bits per heavy atom. The lowest BCUT2D eigenvalue weighted by atomic mass is 10.1. The molecule has 1 aromatic rings. The van der Waals surface area contributed by atoms with E-state index in [1.54, 1.807) is 6.07 Å². The molecule has 0 saturated heterocycles. The summed E-state index contributed by atoms with van der Waals surface area (Å²) in [5, 5.41) is 27.3. The first-order chi connectivity index (χ1) is 10.3. The summed E-state index contributed by atoms with van der Waals surface area (Å²) in [5.41, 5.74) is -0.0725. The Bertz CT molecular complexity index is 506. The smallest absolute Gasteiger partial charge is 0.460 e. The fourth-order valence-electron chi connectivity index (χ4n) is 1.41. The zero-order chi connectivity index (χ0) is 16.8. The number of hydrogen-bond acceptors (Lipinski definition) is 6. The number of rotatable bonds is 6. The fraction of sp³-hybridized carbons (Fsp3) is 0.385. The molecule has 122 valence electrons. The van der Waals surface area contributed by atoms with Crippen LogP contribution in [0, 0.1) is 0 Å². The number of aldehydes is 1. The summed E-state index contributed by atoms with van der Waals surface area (Å²) in [6, 6.07) is 7.04. The molecule has 0 saturated carbocycles. The van der Waals surface area contributed by atoms with E-state index in [1.807, 2.05) is 0 Å². The van der Waals surface area contributed by atoms with E-state index in [9.17, 15) is 28.2 Å². The molecule has 0 bridgehead atoms. The molecular formula is C13H14F3NO5. The SMILES string of the molecule is O=C[C@@H](O/C(=N\c1ccccc1)C(F)(F)F)[C@H](O)[C@H](O)CO. The van der Waals surface area contributed by atoms with E-state index in [0.29, 0.717) is 0 Å². The highest BCUT2D eigenvalue weighted by Gasteiger charge is 2.41. The van der Waals surface area contributed by atoms with Gasteiger partial charge in [0.2, 0.25) is 0 Å². The minimum absolute atomic E-state index is 0.0725. The standard InChI is InChI=1S/C13H14F3NO5/c14-13(15,16)12(17-8-4-2-1-3-5-8)22-10(7-19)11(21)9(20)6-18/h1-5,7,9-11,18,20-21H,6H2/b17-12-/t9-,10-,11-/m1/s1. The van der Waals surface area contributed by atoms with Crippen molar-refractivity contribution in [1.29, 1.82) is 0 Å². The molecule has 0 aromatic heterocycles. The van der Waals surface area contributed by atoms with Gasteiger partial charge in [-0.25, -0.2) is 4.99 Å². The summed E-state index contributed by atoms with van der Waals surface area (Å²) < 4.78 is 43.0. The average molecular weight is 321 g/mol. The van der Waals surface area contributed by atoms with Crippen LogP contribution < -0.4 is 0 Å². The van der Waals surface area contributed by atoms with Crippen LogP contribution in [0.1, 0.15) is 0 Å². The molecule has 1 aromatic carbocycles. The molecule has 0 radical (unpaired) electrons. The summed E-state index contributed by atoms with van der Waals surface area (Å²) in [7, 11) is 0. The van der Waals surface area contributed by atoms with Crippen LogP contribution in [0.2, 0.25) is 0 Å². The molecule has 3 N–H and O–H groups in total. The van der Waals surface area contributed by atoms with Gasteiger partial charge in [-0.3, -0.25) is 4.79 Å². The highest BCUT2D eigenvalue weighted by molar-refractivity contribution is 5.86. The van der Waals surface area contributed by atoms with E-state index in [0.717, 1.165) is 0 Å². The van der Waals surface area contributed by atoms with Crippen LogP contribution in [0.15, 0.2) is 35.3 Å². The number of alkyl halides is 3. The number of carbonyl (C=O) groups excluding carboxylic acids is 1. The van der Waals surface area contributed by atoms with E-state index < -0.39 is 37.0 Å². The van der Waals surface area contributed by atoms with Crippen LogP contribution in [0.25, 0.3) is 0 Å². The monoisotopic (exact) mass is 321 g/mol. The Kier molecular flexibility index (Phi) is 6.47. The molecule has 1 rings (SSSR count). The van der Waals surface area contributed by atoms with Crippen LogP contribution in [-0.2, 0) is 9.53 Å². The average Bonchev–Trinajstić information content (AvgIpc) is 2.49. The molecule has 0 unspecified atom stereocenters. The number of hydrogen-bond donors (Lipinski definition) is 3. The van der Waals surface area contributed by atoms with Crippen LogP contribution in [-0.4, -0.2) is 58.6 Å². The second kappa shape index (κ2) is 7.87. The molecule has 0 aliphatic carbocycles. The first kappa shape index (κ1) is 18.1. The summed E-state index contributed by atoms with van der Waals surface area (Å²) in [4.78, 5) is 14.0. The number of ether oxygens (including phenoxy) is 1. The maximum absolute atomic E-state index is 12.9. The van der Waals surface area contributed by atoms with Gasteiger partial charge in [-0.15, -0.1) is 0 Å². The number of aliphatic hydroxyl groups is 3. The number of nitrogens with zero attached hydrogens (tertiary/aromatic N) is 1. The van der Waals surface area contributed by atoms with Crippen LogP contribution in [0.3, 0.4) is 0 Å². The number of aliphatic imine (C=N–C) groups is 1. The number of halogens is 3. The molecule has 22 heavy (non-hydrogen) atoms. The number of carbonyl (C=O) groups is 1. The summed E-state index contributed by atoms with van der Waals surface area (Å²) >= 11 is 0. The van der Waals surface area contributed by atoms with Gasteiger partial charge in [0.15, 0.2) is 12.4 Å². The van der Waals surface area contributed by atoms with E-state index in [-0.39, 0.29) is 12.0 Å². The van der Waals surface area contributed by atoms with Crippen LogP contribution in [0.4, 0.5) is 18.9 Å². The van der Waals surface area contributed by atoms with Crippen molar-refractivity contribution in [2.75, 3.05) is 6.61 Å². The van der Waals surface area contributed by atoms with Crippen LogP contribution >= 0.6 is 0 Å². The van der Waals surface area contributed by atoms with Gasteiger partial charge in [-0.05, 0) is 12.1 Å². The van der Waals surface area contributed by atoms with Crippen molar-refractivity contribution in [3.8, 4) is 0 Å². The molecule has 0 aliphatic heterocycles. The molecule has 0 heterocycles. The highest BCUT2D eigenvalue weighted by Crippen LogP contribution is 2.23. The second-order valence-electron chi connectivity index (χ2n) is 4.21. The van der Waals surface area contributed by atoms with Crippen molar-refractivity contribution in [2.45, 2.75) is 24.5 Å². The first-order valence-electron chi connectivity index (χ1n) is 6.09. The third-order valence-corrected chi connectivity index (χ3v) is 2.53. The van der Waals surface area contributed by atoms with E-state index >= 15 is 0 Å². The van der Waals surface area contributed by atoms with Gasteiger partial charge in [-0.2, -0.15) is 13.2 Å². The van der Waals surface area contributed by atoms with Gasteiger partial charge in [0.25, 0.3) is 5.90 Å². The number of aliphatic hydroxyl groups excluding tert-OH is 3. The molecule has 0 spiro atoms. The van der Waals surface area contributed by atoms with E-state index in [2.05, 4.69) is 9.73 Å². The largest absolute Gasteiger partial charge is 0.468 e. The minimum Gasteiger partial charge on any atom is -0.460 e. The van der Waals surface area contributed by atoms with Gasteiger partial charge in [0.05, 0.1) is 12.3 Å². The maximum Gasteiger partial charge on any atom is 0.468 e. The molecule has 3 atom stereocenters. The van der Waals surface area contributed by atoms with Crippen molar-refractivity contribution in [2.24, 2.45) is 4.99 Å². The number of para-hydroxylation sites is 1. The Morgan fingerprint density at radius 3 is 2.32 bits per heavy atom. The van der Waals surface area contributed by atoms with Crippen molar-refractivity contribution in [3.05, 3.63) is 30.3 Å². The predicted molar refractivity (Wildman–Crippen MR) is 69.6 cm³/mol. The Morgan fingerprint density at radius 1 is 1.27 bits per heavy atom. The van der Waals surface area contributed by atoms with E-state index in [1.165, 1.54) is 24.3 Å². The highest BCUT2D eigenvalue weighted by atomic mass is 19.4. The molecule has 0 aliphatic rings. The summed E-state index contributed by atoms with van der Waals surface area (Å²) in [6.45, 7) is -0.952. The maximum atomic E-state index is 12.9. The van der Waals surface area contributed by atoms with Gasteiger partial charge in [0.1, 0.15) is 12.2 Å². The Hall–Kier alpha value is -1.97. The first-order valence-corrected chi connectivity index (χ1v) is 6.09. The zero-order valence-corrected chi connectivity index (χ0v) is 11.1. The lowest BCUT2D eigenvalue weighted by Crippen LogP contribution is -2.44. The normalized spacial score (nSPS) is 16.7. The summed E-state index contributed by atoms with van der Waals surface area (Å²) in [5.74, 6) is -1.75. The second-order valence-corrected chi connectivity index (χ2v) is 4.21. The quantitative estimate of drug-likeness (QED) is 0.404. The number of benzene rings is 1. The van der Waals surface area contributed by atoms with Gasteiger partial charge >= 0.3 is 6.18 Å². The lowest BCUT2D eigenvalue weighted by molar-refractivity contribution is -0.133. The topological polar surface area (TPSA) is 99.4 Å². The zero-order valence-electron chi connectivity index (χ0n) is 11.1. The molecular weight excluding hydrogens is 307 g/mol. The predicted octanol–water partition coefficient (Wildman–Crippen LogP) is 0.577. The van der Waals surface area contributed by atoms with Crippen molar-refractivity contribution in [1.82, 2.24) is 0 Å². The van der Waals surface area contributed by atoms with E-state index in [4.69, 9.17) is 5.11 Å². The molecule has 0 fully saturated rings. The van der Waals surface area contributed by atoms with Gasteiger partial charge < -0.3 is 20.1 Å². The third-order valence-electron chi connectivity index (χ3n) is 2.53. The fourth-order valence-corrected chi connectivity index (χ4v) is 1.41.